The van der Waals surface area contributed by atoms with Crippen molar-refractivity contribution >= 4 is 47.3 Å². The molecule has 0 saturated heterocycles. The molecule has 27 heavy (non-hydrogen) atoms. The maximum atomic E-state index is 11.7. The SMILES string of the molecule is COc1ccc(C=CC(=O)NCC(=O)NN=Cc2ccc(Cl)cc2Cl)cc1. The zero-order valence-corrected chi connectivity index (χ0v) is 15.9. The highest BCUT2D eigenvalue weighted by atomic mass is 35.5. The van der Waals surface area contributed by atoms with E-state index in [-0.39, 0.29) is 6.54 Å². The summed E-state index contributed by atoms with van der Waals surface area (Å²) in [5, 5.41) is 7.17. The lowest BCUT2D eigenvalue weighted by Gasteiger charge is -2.02. The van der Waals surface area contributed by atoms with Crippen molar-refractivity contribution < 1.29 is 14.3 Å². The molecule has 2 amide bonds. The van der Waals surface area contributed by atoms with Crippen LogP contribution in [-0.2, 0) is 9.59 Å². The summed E-state index contributed by atoms with van der Waals surface area (Å²) in [6, 6.07) is 12.1. The smallest absolute Gasteiger partial charge is 0.259 e. The average Bonchev–Trinajstić information content (AvgIpc) is 2.67. The zero-order chi connectivity index (χ0) is 19.6. The Morgan fingerprint density at radius 2 is 1.89 bits per heavy atom. The fraction of sp³-hybridized carbons (Fsp3) is 0.105. The minimum absolute atomic E-state index is 0.211. The van der Waals surface area contributed by atoms with Crippen molar-refractivity contribution in [1.29, 1.82) is 0 Å². The summed E-state index contributed by atoms with van der Waals surface area (Å²) in [5.41, 5.74) is 3.74. The van der Waals surface area contributed by atoms with Crippen LogP contribution in [0.4, 0.5) is 0 Å². The summed E-state index contributed by atoms with van der Waals surface area (Å²) in [5.74, 6) is -0.137. The van der Waals surface area contributed by atoms with Crippen LogP contribution in [0.3, 0.4) is 0 Å². The Balaban J connectivity index is 1.76. The maximum absolute atomic E-state index is 11.7. The van der Waals surface area contributed by atoms with Crippen LogP contribution in [0.2, 0.25) is 10.0 Å². The average molecular weight is 406 g/mol. The van der Waals surface area contributed by atoms with Crippen molar-refractivity contribution in [2.24, 2.45) is 5.10 Å². The molecule has 0 aliphatic rings. The normalized spacial score (nSPS) is 10.9. The van der Waals surface area contributed by atoms with Crippen LogP contribution < -0.4 is 15.5 Å². The van der Waals surface area contributed by atoms with Gasteiger partial charge in [0, 0.05) is 16.7 Å². The van der Waals surface area contributed by atoms with Gasteiger partial charge in [0.1, 0.15) is 5.75 Å². The Morgan fingerprint density at radius 3 is 2.56 bits per heavy atom. The molecule has 2 aromatic carbocycles. The van der Waals surface area contributed by atoms with Crippen molar-refractivity contribution in [2.45, 2.75) is 0 Å². The van der Waals surface area contributed by atoms with E-state index >= 15 is 0 Å². The predicted molar refractivity (Wildman–Crippen MR) is 107 cm³/mol. The number of hydrogen-bond donors (Lipinski definition) is 2. The summed E-state index contributed by atoms with van der Waals surface area (Å²) in [7, 11) is 1.58. The van der Waals surface area contributed by atoms with Gasteiger partial charge in [-0.15, -0.1) is 0 Å². The van der Waals surface area contributed by atoms with Gasteiger partial charge in [-0.25, -0.2) is 5.43 Å². The number of hydrogen-bond acceptors (Lipinski definition) is 4. The molecule has 0 fully saturated rings. The van der Waals surface area contributed by atoms with Crippen LogP contribution >= 0.6 is 23.2 Å². The lowest BCUT2D eigenvalue weighted by Crippen LogP contribution is -2.34. The van der Waals surface area contributed by atoms with Gasteiger partial charge in [0.15, 0.2) is 0 Å². The number of hydrazone groups is 1. The van der Waals surface area contributed by atoms with E-state index < -0.39 is 11.8 Å². The molecular weight excluding hydrogens is 389 g/mol. The fourth-order valence-corrected chi connectivity index (χ4v) is 2.39. The number of ether oxygens (including phenoxy) is 1. The Bertz CT molecular complexity index is 865. The van der Waals surface area contributed by atoms with E-state index in [9.17, 15) is 9.59 Å². The number of nitrogens with one attached hydrogen (secondary N) is 2. The molecule has 0 aliphatic heterocycles. The zero-order valence-electron chi connectivity index (χ0n) is 14.4. The van der Waals surface area contributed by atoms with Gasteiger partial charge in [0.05, 0.1) is 24.9 Å². The van der Waals surface area contributed by atoms with E-state index in [1.807, 2.05) is 12.1 Å². The van der Waals surface area contributed by atoms with E-state index in [1.165, 1.54) is 12.3 Å². The number of methoxy groups -OCH3 is 1. The van der Waals surface area contributed by atoms with E-state index in [1.54, 1.807) is 43.5 Å². The molecule has 0 spiro atoms. The molecular formula is C19H17Cl2N3O3. The van der Waals surface area contributed by atoms with E-state index in [2.05, 4.69) is 15.8 Å². The highest BCUT2D eigenvalue weighted by Gasteiger charge is 2.02. The molecule has 8 heteroatoms. The Hall–Kier alpha value is -2.83. The maximum Gasteiger partial charge on any atom is 0.259 e. The topological polar surface area (TPSA) is 79.8 Å². The van der Waals surface area contributed by atoms with Crippen molar-refractivity contribution in [3.8, 4) is 5.75 Å². The first-order valence-corrected chi connectivity index (χ1v) is 8.60. The van der Waals surface area contributed by atoms with Gasteiger partial charge in [-0.2, -0.15) is 5.10 Å². The molecule has 2 rings (SSSR count). The third-order valence-electron chi connectivity index (χ3n) is 3.32. The second-order valence-corrected chi connectivity index (χ2v) is 6.13. The number of benzene rings is 2. The minimum atomic E-state index is -0.470. The molecule has 140 valence electrons. The molecule has 0 atom stereocenters. The molecule has 0 heterocycles. The van der Waals surface area contributed by atoms with Crippen LogP contribution in [0.1, 0.15) is 11.1 Å². The van der Waals surface area contributed by atoms with Gasteiger partial charge in [-0.05, 0) is 35.9 Å². The van der Waals surface area contributed by atoms with Crippen LogP contribution in [0.5, 0.6) is 5.75 Å². The predicted octanol–water partition coefficient (Wildman–Crippen LogP) is 3.28. The molecule has 6 nitrogen and oxygen atoms in total. The highest BCUT2D eigenvalue weighted by molar-refractivity contribution is 6.36. The van der Waals surface area contributed by atoms with Crippen molar-refractivity contribution in [3.05, 3.63) is 69.7 Å². The first-order chi connectivity index (χ1) is 13.0. The van der Waals surface area contributed by atoms with Crippen LogP contribution in [0.15, 0.2) is 53.6 Å². The number of rotatable bonds is 7. The lowest BCUT2D eigenvalue weighted by molar-refractivity contribution is -0.123. The summed E-state index contributed by atoms with van der Waals surface area (Å²) >= 11 is 11.8. The second-order valence-electron chi connectivity index (χ2n) is 5.28. The number of carbonyl (C=O) groups is 2. The Morgan fingerprint density at radius 1 is 1.15 bits per heavy atom. The van der Waals surface area contributed by atoms with Gasteiger partial charge in [0.25, 0.3) is 5.91 Å². The molecule has 0 aliphatic carbocycles. The monoisotopic (exact) mass is 405 g/mol. The van der Waals surface area contributed by atoms with Crippen molar-refractivity contribution in [1.82, 2.24) is 10.7 Å². The van der Waals surface area contributed by atoms with E-state index in [0.717, 1.165) is 11.3 Å². The van der Waals surface area contributed by atoms with Crippen molar-refractivity contribution in [3.63, 3.8) is 0 Å². The molecule has 2 aromatic rings. The van der Waals surface area contributed by atoms with Crippen LogP contribution in [0.25, 0.3) is 6.08 Å². The third kappa shape index (κ3) is 7.13. The Kier molecular flexibility index (Phi) is 7.85. The first-order valence-electron chi connectivity index (χ1n) is 7.85. The molecule has 0 aromatic heterocycles. The molecule has 0 unspecified atom stereocenters. The number of amides is 2. The molecule has 0 radical (unpaired) electrons. The van der Waals surface area contributed by atoms with E-state index in [0.29, 0.717) is 15.6 Å². The standard InChI is InChI=1S/C19H17Cl2N3O3/c1-27-16-7-2-13(3-8-16)4-9-18(25)22-12-19(26)24-23-11-14-5-6-15(20)10-17(14)21/h2-11H,12H2,1H3,(H,22,25)(H,24,26). The highest BCUT2D eigenvalue weighted by Crippen LogP contribution is 2.19. The number of nitrogens with zero attached hydrogens (tertiary/aromatic N) is 1. The first kappa shape index (κ1) is 20.5. The molecule has 0 bridgehead atoms. The quantitative estimate of drug-likeness (QED) is 0.421. The van der Waals surface area contributed by atoms with Crippen LogP contribution in [-0.4, -0.2) is 31.7 Å². The second kappa shape index (κ2) is 10.4. The van der Waals surface area contributed by atoms with Gasteiger partial charge in [-0.1, -0.05) is 41.4 Å². The molecule has 0 saturated carbocycles. The fourth-order valence-electron chi connectivity index (χ4n) is 1.93. The summed E-state index contributed by atoms with van der Waals surface area (Å²) in [6.07, 6.45) is 4.36. The van der Waals surface area contributed by atoms with Gasteiger partial charge < -0.3 is 10.1 Å². The van der Waals surface area contributed by atoms with E-state index in [4.69, 9.17) is 27.9 Å². The van der Waals surface area contributed by atoms with Gasteiger partial charge in [0.2, 0.25) is 5.91 Å². The number of carbonyl (C=O) groups excluding carboxylic acids is 2. The van der Waals surface area contributed by atoms with Crippen LogP contribution in [0, 0.1) is 0 Å². The Labute approximate surface area is 166 Å². The summed E-state index contributed by atoms with van der Waals surface area (Å²) in [6.45, 7) is -0.211. The summed E-state index contributed by atoms with van der Waals surface area (Å²) < 4.78 is 5.06. The third-order valence-corrected chi connectivity index (χ3v) is 3.88. The molecule has 2 N–H and O–H groups in total. The van der Waals surface area contributed by atoms with Gasteiger partial charge >= 0.3 is 0 Å². The minimum Gasteiger partial charge on any atom is -0.497 e. The van der Waals surface area contributed by atoms with Gasteiger partial charge in [-0.3, -0.25) is 9.59 Å². The lowest BCUT2D eigenvalue weighted by atomic mass is 10.2. The number of halogens is 2. The largest absolute Gasteiger partial charge is 0.497 e. The summed E-state index contributed by atoms with van der Waals surface area (Å²) in [4.78, 5) is 23.4. The van der Waals surface area contributed by atoms with Crippen molar-refractivity contribution in [2.75, 3.05) is 13.7 Å².